The first-order valence-electron chi connectivity index (χ1n) is 9.27. The van der Waals surface area contributed by atoms with E-state index in [1.165, 1.54) is 27.8 Å². The van der Waals surface area contributed by atoms with E-state index in [2.05, 4.69) is 66.9 Å². The summed E-state index contributed by atoms with van der Waals surface area (Å²) in [7, 11) is 1.69. The number of imidazole rings is 1. The molecule has 3 nitrogen and oxygen atoms in total. The van der Waals surface area contributed by atoms with Crippen LogP contribution in [0.15, 0.2) is 66.7 Å². The third kappa shape index (κ3) is 3.59. The van der Waals surface area contributed by atoms with E-state index in [9.17, 15) is 0 Å². The summed E-state index contributed by atoms with van der Waals surface area (Å²) in [5, 5.41) is 0. The topological polar surface area (TPSA) is 27.1 Å². The van der Waals surface area contributed by atoms with Crippen molar-refractivity contribution >= 4 is 11.0 Å². The zero-order valence-corrected chi connectivity index (χ0v) is 16.1. The van der Waals surface area contributed by atoms with Gasteiger partial charge in [0.2, 0.25) is 0 Å². The van der Waals surface area contributed by atoms with E-state index >= 15 is 0 Å². The van der Waals surface area contributed by atoms with E-state index < -0.39 is 0 Å². The number of fused-ring (bicyclic) bond motifs is 1. The number of nitrogens with zero attached hydrogens (tertiary/aromatic N) is 2. The van der Waals surface area contributed by atoms with Crippen LogP contribution in [0.5, 0.6) is 5.75 Å². The van der Waals surface area contributed by atoms with Crippen LogP contribution in [-0.2, 0) is 13.0 Å². The van der Waals surface area contributed by atoms with E-state index in [0.29, 0.717) is 0 Å². The SMILES string of the molecule is COc1ccc(Cc2nc3ccccc3n2Cc2ccc(C)c(C)c2)cc1. The van der Waals surface area contributed by atoms with Crippen molar-refractivity contribution in [2.75, 3.05) is 7.11 Å². The number of ether oxygens (including phenoxy) is 1. The number of aryl methyl sites for hydroxylation is 2. The molecule has 3 heteroatoms. The van der Waals surface area contributed by atoms with Gasteiger partial charge in [-0.3, -0.25) is 0 Å². The van der Waals surface area contributed by atoms with Gasteiger partial charge in [0.05, 0.1) is 18.1 Å². The third-order valence-electron chi connectivity index (χ3n) is 5.17. The van der Waals surface area contributed by atoms with Crippen molar-refractivity contribution in [1.29, 1.82) is 0 Å². The molecule has 1 heterocycles. The van der Waals surface area contributed by atoms with E-state index in [1.54, 1.807) is 7.11 Å². The number of hydrogen-bond donors (Lipinski definition) is 0. The van der Waals surface area contributed by atoms with Gasteiger partial charge in [0, 0.05) is 13.0 Å². The van der Waals surface area contributed by atoms with Crippen LogP contribution in [0.2, 0.25) is 0 Å². The average molecular weight is 356 g/mol. The Balaban J connectivity index is 1.73. The van der Waals surface area contributed by atoms with E-state index in [4.69, 9.17) is 9.72 Å². The summed E-state index contributed by atoms with van der Waals surface area (Å²) in [6.45, 7) is 5.15. The second-order valence-electron chi connectivity index (χ2n) is 7.05. The largest absolute Gasteiger partial charge is 0.497 e. The van der Waals surface area contributed by atoms with Gasteiger partial charge >= 0.3 is 0 Å². The van der Waals surface area contributed by atoms with Crippen LogP contribution >= 0.6 is 0 Å². The van der Waals surface area contributed by atoms with Gasteiger partial charge in [-0.15, -0.1) is 0 Å². The van der Waals surface area contributed by atoms with Crippen molar-refractivity contribution in [1.82, 2.24) is 9.55 Å². The van der Waals surface area contributed by atoms with E-state index in [1.807, 2.05) is 18.2 Å². The molecule has 0 aliphatic heterocycles. The predicted octanol–water partition coefficient (Wildman–Crippen LogP) is 5.30. The molecule has 136 valence electrons. The molecule has 0 atom stereocenters. The molecule has 1 aromatic heterocycles. The average Bonchev–Trinajstić information content (AvgIpc) is 3.02. The minimum Gasteiger partial charge on any atom is -0.497 e. The molecule has 0 aliphatic rings. The van der Waals surface area contributed by atoms with Gasteiger partial charge in [-0.2, -0.15) is 0 Å². The number of hydrogen-bond acceptors (Lipinski definition) is 2. The molecular formula is C24H24N2O. The van der Waals surface area contributed by atoms with Crippen molar-refractivity contribution in [3.05, 3.63) is 94.8 Å². The standard InChI is InChI=1S/C24H24N2O/c1-17-8-9-20(14-18(17)2)16-26-23-7-5-4-6-22(23)25-24(26)15-19-10-12-21(27-3)13-11-19/h4-14H,15-16H2,1-3H3. The normalized spacial score (nSPS) is 11.1. The van der Waals surface area contributed by atoms with Gasteiger partial charge in [-0.25, -0.2) is 4.98 Å². The Bertz CT molecular complexity index is 1080. The van der Waals surface area contributed by atoms with Crippen molar-refractivity contribution in [2.45, 2.75) is 26.8 Å². The van der Waals surface area contributed by atoms with Gasteiger partial charge in [0.1, 0.15) is 11.6 Å². The number of methoxy groups -OCH3 is 1. The molecule has 0 unspecified atom stereocenters. The molecule has 0 radical (unpaired) electrons. The first-order valence-corrected chi connectivity index (χ1v) is 9.27. The van der Waals surface area contributed by atoms with E-state index in [0.717, 1.165) is 30.1 Å². The summed E-state index contributed by atoms with van der Waals surface area (Å²) in [4.78, 5) is 4.92. The van der Waals surface area contributed by atoms with Gasteiger partial charge in [0.25, 0.3) is 0 Å². The monoisotopic (exact) mass is 356 g/mol. The van der Waals surface area contributed by atoms with Crippen LogP contribution in [0, 0.1) is 13.8 Å². The maximum Gasteiger partial charge on any atom is 0.118 e. The summed E-state index contributed by atoms with van der Waals surface area (Å²) < 4.78 is 7.61. The number of benzene rings is 3. The van der Waals surface area contributed by atoms with Gasteiger partial charge in [-0.1, -0.05) is 42.5 Å². The molecule has 0 fully saturated rings. The zero-order valence-electron chi connectivity index (χ0n) is 16.1. The molecule has 0 aliphatic carbocycles. The van der Waals surface area contributed by atoms with Crippen molar-refractivity contribution in [2.24, 2.45) is 0 Å². The van der Waals surface area contributed by atoms with Crippen LogP contribution in [0.1, 0.15) is 28.1 Å². The van der Waals surface area contributed by atoms with E-state index in [-0.39, 0.29) is 0 Å². The Morgan fingerprint density at radius 2 is 1.59 bits per heavy atom. The van der Waals surface area contributed by atoms with Crippen LogP contribution in [0.3, 0.4) is 0 Å². The van der Waals surface area contributed by atoms with Crippen LogP contribution in [0.4, 0.5) is 0 Å². The molecule has 0 amide bonds. The van der Waals surface area contributed by atoms with Gasteiger partial charge < -0.3 is 9.30 Å². The number of para-hydroxylation sites is 2. The maximum atomic E-state index is 5.27. The van der Waals surface area contributed by atoms with Crippen molar-refractivity contribution in [3.8, 4) is 5.75 Å². The highest BCUT2D eigenvalue weighted by Crippen LogP contribution is 2.22. The molecule has 3 aromatic carbocycles. The molecular weight excluding hydrogens is 332 g/mol. The molecule has 0 saturated heterocycles. The van der Waals surface area contributed by atoms with Crippen molar-refractivity contribution < 1.29 is 4.74 Å². The molecule has 0 spiro atoms. The fourth-order valence-electron chi connectivity index (χ4n) is 3.45. The molecule has 0 saturated carbocycles. The number of aromatic nitrogens is 2. The van der Waals surface area contributed by atoms with Crippen LogP contribution in [-0.4, -0.2) is 16.7 Å². The van der Waals surface area contributed by atoms with Crippen molar-refractivity contribution in [3.63, 3.8) is 0 Å². The molecule has 27 heavy (non-hydrogen) atoms. The first-order chi connectivity index (χ1) is 13.1. The third-order valence-corrected chi connectivity index (χ3v) is 5.17. The minimum absolute atomic E-state index is 0.795. The smallest absolute Gasteiger partial charge is 0.118 e. The Kier molecular flexibility index (Phi) is 4.68. The fraction of sp³-hybridized carbons (Fsp3) is 0.208. The summed E-state index contributed by atoms with van der Waals surface area (Å²) in [6.07, 6.45) is 0.795. The second kappa shape index (κ2) is 7.28. The second-order valence-corrected chi connectivity index (χ2v) is 7.05. The Morgan fingerprint density at radius 3 is 2.33 bits per heavy atom. The van der Waals surface area contributed by atoms with Crippen LogP contribution in [0.25, 0.3) is 11.0 Å². The lowest BCUT2D eigenvalue weighted by Gasteiger charge is -2.11. The highest BCUT2D eigenvalue weighted by molar-refractivity contribution is 5.76. The highest BCUT2D eigenvalue weighted by Gasteiger charge is 2.12. The summed E-state index contributed by atoms with van der Waals surface area (Å²) in [5.74, 6) is 1.96. The molecule has 0 N–H and O–H groups in total. The quantitative estimate of drug-likeness (QED) is 0.485. The number of rotatable bonds is 5. The lowest BCUT2D eigenvalue weighted by molar-refractivity contribution is 0.414. The zero-order chi connectivity index (χ0) is 18.8. The summed E-state index contributed by atoms with van der Waals surface area (Å²) >= 11 is 0. The molecule has 4 rings (SSSR count). The molecule has 4 aromatic rings. The Morgan fingerprint density at radius 1 is 0.852 bits per heavy atom. The highest BCUT2D eigenvalue weighted by atomic mass is 16.5. The molecule has 0 bridgehead atoms. The Labute approximate surface area is 160 Å². The first kappa shape index (κ1) is 17.3. The lowest BCUT2D eigenvalue weighted by Crippen LogP contribution is -2.06. The fourth-order valence-corrected chi connectivity index (χ4v) is 3.45. The maximum absolute atomic E-state index is 5.27. The summed E-state index contributed by atoms with van der Waals surface area (Å²) in [6, 6.07) is 23.3. The predicted molar refractivity (Wildman–Crippen MR) is 111 cm³/mol. The van der Waals surface area contributed by atoms with Crippen LogP contribution < -0.4 is 4.74 Å². The van der Waals surface area contributed by atoms with Gasteiger partial charge in [-0.05, 0) is 60.4 Å². The lowest BCUT2D eigenvalue weighted by atomic mass is 10.1. The minimum atomic E-state index is 0.795. The Hall–Kier alpha value is -3.07. The summed E-state index contributed by atoms with van der Waals surface area (Å²) in [5.41, 5.74) is 7.41. The van der Waals surface area contributed by atoms with Gasteiger partial charge in [0.15, 0.2) is 0 Å².